The van der Waals surface area contributed by atoms with Crippen LogP contribution in [0.5, 0.6) is 0 Å². The van der Waals surface area contributed by atoms with Crippen molar-refractivity contribution in [2.45, 2.75) is 31.2 Å². The number of hydrogen-bond acceptors (Lipinski definition) is 3. The summed E-state index contributed by atoms with van der Waals surface area (Å²) in [6.45, 7) is 9.44. The Morgan fingerprint density at radius 1 is 1.32 bits per heavy atom. The molecule has 1 unspecified atom stereocenters. The summed E-state index contributed by atoms with van der Waals surface area (Å²) in [7, 11) is 0. The maximum Gasteiger partial charge on any atom is 0.0106 e. The molecule has 1 N–H and O–H groups in total. The molecular weight excluding hydrogens is 252 g/mol. The summed E-state index contributed by atoms with van der Waals surface area (Å²) in [5, 5.41) is 3.61. The van der Waals surface area contributed by atoms with Crippen LogP contribution in [0.15, 0.2) is 35.2 Å². The lowest BCUT2D eigenvalue weighted by molar-refractivity contribution is 0.264. The highest BCUT2D eigenvalue weighted by atomic mass is 32.2. The zero-order valence-corrected chi connectivity index (χ0v) is 13.0. The van der Waals surface area contributed by atoms with Gasteiger partial charge in [-0.3, -0.25) is 0 Å². The van der Waals surface area contributed by atoms with Crippen molar-refractivity contribution in [3.63, 3.8) is 0 Å². The molecule has 2 rings (SSSR count). The van der Waals surface area contributed by atoms with Crippen molar-refractivity contribution >= 4 is 11.8 Å². The molecule has 3 heteroatoms. The third-order valence-corrected chi connectivity index (χ3v) is 4.79. The van der Waals surface area contributed by atoms with Crippen LogP contribution in [0.2, 0.25) is 0 Å². The largest absolute Gasteiger partial charge is 0.316 e. The molecule has 0 spiro atoms. The number of thioether (sulfide) groups is 1. The van der Waals surface area contributed by atoms with Crippen LogP contribution >= 0.6 is 11.8 Å². The topological polar surface area (TPSA) is 15.3 Å². The molecule has 2 nitrogen and oxygen atoms in total. The lowest BCUT2D eigenvalue weighted by Crippen LogP contribution is -2.31. The minimum absolute atomic E-state index is 0.707. The van der Waals surface area contributed by atoms with Crippen LogP contribution < -0.4 is 5.32 Å². The fourth-order valence-electron chi connectivity index (χ4n) is 2.56. The summed E-state index contributed by atoms with van der Waals surface area (Å²) in [6.07, 6.45) is 1.36. The Hall–Kier alpha value is -0.510. The van der Waals surface area contributed by atoms with E-state index in [9.17, 15) is 0 Å². The van der Waals surface area contributed by atoms with Crippen molar-refractivity contribution < 1.29 is 0 Å². The van der Waals surface area contributed by atoms with Gasteiger partial charge < -0.3 is 10.2 Å². The average molecular weight is 278 g/mol. The first-order valence-corrected chi connectivity index (χ1v) is 8.37. The van der Waals surface area contributed by atoms with Crippen molar-refractivity contribution in [1.82, 2.24) is 10.2 Å². The highest BCUT2D eigenvalue weighted by molar-refractivity contribution is 7.99. The van der Waals surface area contributed by atoms with Crippen molar-refractivity contribution in [3.05, 3.63) is 30.3 Å². The monoisotopic (exact) mass is 278 g/mol. The second-order valence-electron chi connectivity index (χ2n) is 5.61. The molecule has 1 aromatic carbocycles. The Kier molecular flexibility index (Phi) is 6.21. The SMILES string of the molecule is CC(C)N1CCC(CNCCSc2ccccc2)C1. The van der Waals surface area contributed by atoms with Crippen molar-refractivity contribution in [1.29, 1.82) is 0 Å². The van der Waals surface area contributed by atoms with Crippen LogP contribution in [0, 0.1) is 5.92 Å². The number of hydrogen-bond donors (Lipinski definition) is 1. The molecular formula is C16H26N2S. The summed E-state index contributed by atoms with van der Waals surface area (Å²) < 4.78 is 0. The van der Waals surface area contributed by atoms with E-state index < -0.39 is 0 Å². The molecule has 0 bridgehead atoms. The Bertz CT molecular complexity index is 353. The van der Waals surface area contributed by atoms with E-state index in [2.05, 4.69) is 54.4 Å². The van der Waals surface area contributed by atoms with E-state index in [1.165, 1.54) is 31.0 Å². The highest BCUT2D eigenvalue weighted by Crippen LogP contribution is 2.18. The van der Waals surface area contributed by atoms with Gasteiger partial charge in [0.15, 0.2) is 0 Å². The number of rotatable bonds is 7. The molecule has 0 aliphatic carbocycles. The Morgan fingerprint density at radius 2 is 2.11 bits per heavy atom. The lowest BCUT2D eigenvalue weighted by atomic mass is 10.1. The molecule has 0 aromatic heterocycles. The Labute approximate surface area is 122 Å². The van der Waals surface area contributed by atoms with E-state index >= 15 is 0 Å². The van der Waals surface area contributed by atoms with E-state index in [1.54, 1.807) is 0 Å². The van der Waals surface area contributed by atoms with Gasteiger partial charge in [-0.05, 0) is 51.4 Å². The summed E-state index contributed by atoms with van der Waals surface area (Å²) in [5.41, 5.74) is 0. The van der Waals surface area contributed by atoms with Crippen molar-refractivity contribution in [2.75, 3.05) is 31.9 Å². The molecule has 0 saturated carbocycles. The van der Waals surface area contributed by atoms with E-state index in [0.29, 0.717) is 6.04 Å². The maximum atomic E-state index is 3.61. The van der Waals surface area contributed by atoms with Crippen molar-refractivity contribution in [2.24, 2.45) is 5.92 Å². The van der Waals surface area contributed by atoms with Gasteiger partial charge in [0, 0.05) is 29.8 Å². The summed E-state index contributed by atoms with van der Waals surface area (Å²) >= 11 is 1.94. The number of nitrogens with zero attached hydrogens (tertiary/aromatic N) is 1. The summed E-state index contributed by atoms with van der Waals surface area (Å²) in [6, 6.07) is 11.4. The number of benzene rings is 1. The predicted molar refractivity (Wildman–Crippen MR) is 84.9 cm³/mol. The lowest BCUT2D eigenvalue weighted by Gasteiger charge is -2.20. The second-order valence-corrected chi connectivity index (χ2v) is 6.78. The molecule has 1 aromatic rings. The van der Waals surface area contributed by atoms with Gasteiger partial charge in [0.25, 0.3) is 0 Å². The third-order valence-electron chi connectivity index (χ3n) is 3.77. The van der Waals surface area contributed by atoms with Crippen molar-refractivity contribution in [3.8, 4) is 0 Å². The first kappa shape index (κ1) is 14.9. The minimum Gasteiger partial charge on any atom is -0.316 e. The van der Waals surface area contributed by atoms with Crippen LogP contribution in [0.1, 0.15) is 20.3 Å². The maximum absolute atomic E-state index is 3.61. The van der Waals surface area contributed by atoms with E-state index in [4.69, 9.17) is 0 Å². The normalized spacial score (nSPS) is 20.3. The van der Waals surface area contributed by atoms with E-state index in [0.717, 1.165) is 18.2 Å². The first-order chi connectivity index (χ1) is 9.25. The molecule has 1 saturated heterocycles. The fraction of sp³-hybridized carbons (Fsp3) is 0.625. The van der Waals surface area contributed by atoms with Gasteiger partial charge >= 0.3 is 0 Å². The second kappa shape index (κ2) is 7.93. The molecule has 0 radical (unpaired) electrons. The third kappa shape index (κ3) is 5.17. The van der Waals surface area contributed by atoms with Gasteiger partial charge in [-0.1, -0.05) is 18.2 Å². The van der Waals surface area contributed by atoms with Gasteiger partial charge in [-0.25, -0.2) is 0 Å². The first-order valence-electron chi connectivity index (χ1n) is 7.38. The van der Waals surface area contributed by atoms with Crippen LogP contribution in [-0.4, -0.2) is 42.9 Å². The molecule has 106 valence electrons. The molecule has 19 heavy (non-hydrogen) atoms. The Morgan fingerprint density at radius 3 is 2.79 bits per heavy atom. The van der Waals surface area contributed by atoms with Crippen LogP contribution in [0.4, 0.5) is 0 Å². The Balaban J connectivity index is 1.53. The average Bonchev–Trinajstić information content (AvgIpc) is 2.89. The van der Waals surface area contributed by atoms with Gasteiger partial charge in [0.2, 0.25) is 0 Å². The predicted octanol–water partition coefficient (Wildman–Crippen LogP) is 3.10. The quantitative estimate of drug-likeness (QED) is 0.609. The van der Waals surface area contributed by atoms with Crippen LogP contribution in [0.3, 0.4) is 0 Å². The van der Waals surface area contributed by atoms with E-state index in [-0.39, 0.29) is 0 Å². The summed E-state index contributed by atoms with van der Waals surface area (Å²) in [5.74, 6) is 2.01. The number of likely N-dealkylation sites (tertiary alicyclic amines) is 1. The minimum atomic E-state index is 0.707. The standard InChI is InChI=1S/C16H26N2S/c1-14(2)18-10-8-15(13-18)12-17-9-11-19-16-6-4-3-5-7-16/h3-7,14-15,17H,8-13H2,1-2H3. The molecule has 1 fully saturated rings. The van der Waals surface area contributed by atoms with Gasteiger partial charge in [-0.15, -0.1) is 11.8 Å². The molecule has 0 amide bonds. The zero-order valence-electron chi connectivity index (χ0n) is 12.1. The zero-order chi connectivity index (χ0) is 13.5. The van der Waals surface area contributed by atoms with E-state index in [1.807, 2.05) is 11.8 Å². The van der Waals surface area contributed by atoms with Gasteiger partial charge in [0.1, 0.15) is 0 Å². The molecule has 1 heterocycles. The van der Waals surface area contributed by atoms with Gasteiger partial charge in [-0.2, -0.15) is 0 Å². The molecule has 1 atom stereocenters. The molecule has 1 aliphatic heterocycles. The number of nitrogens with one attached hydrogen (secondary N) is 1. The van der Waals surface area contributed by atoms with Crippen LogP contribution in [-0.2, 0) is 0 Å². The fourth-order valence-corrected chi connectivity index (χ4v) is 3.39. The highest BCUT2D eigenvalue weighted by Gasteiger charge is 2.23. The smallest absolute Gasteiger partial charge is 0.0106 e. The van der Waals surface area contributed by atoms with Crippen LogP contribution in [0.25, 0.3) is 0 Å². The molecule has 1 aliphatic rings. The van der Waals surface area contributed by atoms with Gasteiger partial charge in [0.05, 0.1) is 0 Å². The summed E-state index contributed by atoms with van der Waals surface area (Å²) in [4.78, 5) is 3.96.